The molecule has 1 atom stereocenters. The minimum atomic E-state index is 0.457. The Morgan fingerprint density at radius 2 is 2.12 bits per heavy atom. The summed E-state index contributed by atoms with van der Waals surface area (Å²) in [5.74, 6) is 0. The molecule has 0 radical (unpaired) electrons. The maximum atomic E-state index is 5.28. The van der Waals surface area contributed by atoms with E-state index in [-0.39, 0.29) is 0 Å². The summed E-state index contributed by atoms with van der Waals surface area (Å²) in [5.41, 5.74) is 1.79. The van der Waals surface area contributed by atoms with E-state index in [1.54, 1.807) is 6.26 Å². The summed E-state index contributed by atoms with van der Waals surface area (Å²) in [6.45, 7) is 5.66. The minimum Gasteiger partial charge on any atom is -0.472 e. The zero-order valence-corrected chi connectivity index (χ0v) is 11.2. The number of hydrogen-bond donors (Lipinski definition) is 1. The third-order valence-corrected chi connectivity index (χ3v) is 4.39. The molecule has 17 heavy (non-hydrogen) atoms. The Morgan fingerprint density at radius 1 is 1.35 bits per heavy atom. The second-order valence-electron chi connectivity index (χ2n) is 5.37. The van der Waals surface area contributed by atoms with Gasteiger partial charge in [0.05, 0.1) is 12.5 Å². The monoisotopic (exact) mass is 235 g/mol. The molecule has 1 aliphatic carbocycles. The molecule has 1 unspecified atom stereocenters. The van der Waals surface area contributed by atoms with Crippen LogP contribution in [0.15, 0.2) is 23.0 Å². The first-order valence-corrected chi connectivity index (χ1v) is 7.08. The van der Waals surface area contributed by atoms with Crippen molar-refractivity contribution in [2.45, 2.75) is 58.4 Å². The quantitative estimate of drug-likeness (QED) is 0.795. The van der Waals surface area contributed by atoms with Crippen molar-refractivity contribution in [2.75, 3.05) is 6.54 Å². The molecule has 1 heterocycles. The Bertz CT molecular complexity index is 312. The molecule has 1 aromatic heterocycles. The average molecular weight is 235 g/mol. The van der Waals surface area contributed by atoms with Gasteiger partial charge in [-0.15, -0.1) is 0 Å². The predicted octanol–water partition coefficient (Wildman–Crippen LogP) is 4.29. The summed E-state index contributed by atoms with van der Waals surface area (Å²) in [6.07, 6.45) is 11.7. The van der Waals surface area contributed by atoms with Gasteiger partial charge in [-0.1, -0.05) is 26.7 Å². The van der Waals surface area contributed by atoms with Crippen molar-refractivity contribution in [3.05, 3.63) is 24.2 Å². The van der Waals surface area contributed by atoms with Crippen LogP contribution < -0.4 is 5.32 Å². The van der Waals surface area contributed by atoms with Crippen molar-refractivity contribution < 1.29 is 4.42 Å². The smallest absolute Gasteiger partial charge is 0.0950 e. The van der Waals surface area contributed by atoms with E-state index < -0.39 is 0 Å². The molecule has 1 N–H and O–H groups in total. The Balaban J connectivity index is 2.19. The summed E-state index contributed by atoms with van der Waals surface area (Å²) >= 11 is 0. The molecule has 0 saturated heterocycles. The molecule has 2 nitrogen and oxygen atoms in total. The maximum Gasteiger partial charge on any atom is 0.0950 e. The van der Waals surface area contributed by atoms with Crippen molar-refractivity contribution in [3.63, 3.8) is 0 Å². The number of hydrogen-bond acceptors (Lipinski definition) is 2. The van der Waals surface area contributed by atoms with E-state index in [2.05, 4.69) is 25.2 Å². The second kappa shape index (κ2) is 5.72. The van der Waals surface area contributed by atoms with Crippen molar-refractivity contribution in [2.24, 2.45) is 5.41 Å². The van der Waals surface area contributed by atoms with Gasteiger partial charge in [0, 0.05) is 11.6 Å². The van der Waals surface area contributed by atoms with Crippen LogP contribution in [-0.4, -0.2) is 6.54 Å². The zero-order chi connectivity index (χ0) is 12.1. The van der Waals surface area contributed by atoms with Crippen molar-refractivity contribution in [1.29, 1.82) is 0 Å². The fourth-order valence-corrected chi connectivity index (χ4v) is 3.34. The van der Waals surface area contributed by atoms with Crippen LogP contribution in [0, 0.1) is 5.41 Å². The zero-order valence-electron chi connectivity index (χ0n) is 11.2. The van der Waals surface area contributed by atoms with E-state index in [0.29, 0.717) is 11.5 Å². The first-order valence-electron chi connectivity index (χ1n) is 7.08. The topological polar surface area (TPSA) is 25.2 Å². The molecule has 0 spiro atoms. The average Bonchev–Trinajstić information content (AvgIpc) is 3.01. The molecule has 0 aliphatic heterocycles. The molecular weight excluding hydrogens is 210 g/mol. The van der Waals surface area contributed by atoms with Crippen LogP contribution in [-0.2, 0) is 0 Å². The molecule has 1 fully saturated rings. The summed E-state index contributed by atoms with van der Waals surface area (Å²) in [7, 11) is 0. The SMILES string of the molecule is CCCNC(c1ccoc1)C1(CC)CCCC1. The second-order valence-corrected chi connectivity index (χ2v) is 5.37. The normalized spacial score (nSPS) is 20.6. The highest BCUT2D eigenvalue weighted by atomic mass is 16.3. The van der Waals surface area contributed by atoms with E-state index in [1.165, 1.54) is 44.1 Å². The van der Waals surface area contributed by atoms with Crippen LogP contribution in [0.2, 0.25) is 0 Å². The van der Waals surface area contributed by atoms with Gasteiger partial charge in [-0.3, -0.25) is 0 Å². The molecule has 1 saturated carbocycles. The highest BCUT2D eigenvalue weighted by Crippen LogP contribution is 2.50. The standard InChI is InChI=1S/C15H25NO/c1-3-10-16-14(13-7-11-17-12-13)15(4-2)8-5-6-9-15/h7,11-12,14,16H,3-6,8-10H2,1-2H3. The Morgan fingerprint density at radius 3 is 2.65 bits per heavy atom. The van der Waals surface area contributed by atoms with Gasteiger partial charge in [-0.05, 0) is 43.7 Å². The Kier molecular flexibility index (Phi) is 4.27. The Hall–Kier alpha value is -0.760. The lowest BCUT2D eigenvalue weighted by Crippen LogP contribution is -2.36. The van der Waals surface area contributed by atoms with Crippen LogP contribution in [0.4, 0.5) is 0 Å². The predicted molar refractivity (Wildman–Crippen MR) is 70.9 cm³/mol. The van der Waals surface area contributed by atoms with Crippen LogP contribution in [0.3, 0.4) is 0 Å². The molecular formula is C15H25NO. The van der Waals surface area contributed by atoms with Crippen LogP contribution in [0.25, 0.3) is 0 Å². The lowest BCUT2D eigenvalue weighted by atomic mass is 9.74. The largest absolute Gasteiger partial charge is 0.472 e. The Labute approximate surface area is 105 Å². The molecule has 0 aromatic carbocycles. The van der Waals surface area contributed by atoms with Gasteiger partial charge >= 0.3 is 0 Å². The van der Waals surface area contributed by atoms with Crippen LogP contribution >= 0.6 is 0 Å². The van der Waals surface area contributed by atoms with Crippen molar-refractivity contribution >= 4 is 0 Å². The summed E-state index contributed by atoms with van der Waals surface area (Å²) in [6, 6.07) is 2.61. The molecule has 2 heteroatoms. The number of rotatable bonds is 6. The molecule has 2 rings (SSSR count). The molecule has 1 aromatic rings. The maximum absolute atomic E-state index is 5.28. The fraction of sp³-hybridized carbons (Fsp3) is 0.733. The van der Waals surface area contributed by atoms with Gasteiger partial charge in [0.15, 0.2) is 0 Å². The first-order chi connectivity index (χ1) is 8.32. The molecule has 0 bridgehead atoms. The molecule has 1 aliphatic rings. The lowest BCUT2D eigenvalue weighted by molar-refractivity contribution is 0.186. The van der Waals surface area contributed by atoms with Crippen LogP contribution in [0.5, 0.6) is 0 Å². The van der Waals surface area contributed by atoms with E-state index in [9.17, 15) is 0 Å². The summed E-state index contributed by atoms with van der Waals surface area (Å²) in [4.78, 5) is 0. The third-order valence-electron chi connectivity index (χ3n) is 4.39. The van der Waals surface area contributed by atoms with Gasteiger partial charge in [0.25, 0.3) is 0 Å². The van der Waals surface area contributed by atoms with Gasteiger partial charge in [0.1, 0.15) is 0 Å². The van der Waals surface area contributed by atoms with E-state index in [0.717, 1.165) is 6.54 Å². The van der Waals surface area contributed by atoms with E-state index >= 15 is 0 Å². The third kappa shape index (κ3) is 2.57. The lowest BCUT2D eigenvalue weighted by Gasteiger charge is -2.37. The highest BCUT2D eigenvalue weighted by molar-refractivity contribution is 5.16. The molecule has 0 amide bonds. The van der Waals surface area contributed by atoms with Gasteiger partial charge in [-0.2, -0.15) is 0 Å². The summed E-state index contributed by atoms with van der Waals surface area (Å²) in [5, 5.41) is 3.75. The minimum absolute atomic E-state index is 0.457. The number of furan rings is 1. The number of nitrogens with one attached hydrogen (secondary N) is 1. The van der Waals surface area contributed by atoms with E-state index in [1.807, 2.05) is 6.26 Å². The summed E-state index contributed by atoms with van der Waals surface area (Å²) < 4.78 is 5.28. The van der Waals surface area contributed by atoms with Gasteiger partial charge in [0.2, 0.25) is 0 Å². The van der Waals surface area contributed by atoms with Crippen molar-refractivity contribution in [1.82, 2.24) is 5.32 Å². The highest BCUT2D eigenvalue weighted by Gasteiger charge is 2.40. The molecule has 96 valence electrons. The van der Waals surface area contributed by atoms with E-state index in [4.69, 9.17) is 4.42 Å². The van der Waals surface area contributed by atoms with Gasteiger partial charge in [-0.25, -0.2) is 0 Å². The van der Waals surface area contributed by atoms with Crippen molar-refractivity contribution in [3.8, 4) is 0 Å². The van der Waals surface area contributed by atoms with Crippen LogP contribution in [0.1, 0.15) is 64.0 Å². The first kappa shape index (κ1) is 12.7. The fourth-order valence-electron chi connectivity index (χ4n) is 3.34. The van der Waals surface area contributed by atoms with Gasteiger partial charge < -0.3 is 9.73 Å².